The monoisotopic (exact) mass is 860 g/mol. The number of carbonyl (C=O) groups is 1. The predicted molar refractivity (Wildman–Crippen MR) is 180 cm³/mol. The number of hydrazine groups is 1. The largest absolute Gasteiger partial charge is 0.465 e. The van der Waals surface area contributed by atoms with E-state index in [4.69, 9.17) is 24.3 Å². The molecule has 1 saturated heterocycles. The van der Waals surface area contributed by atoms with Crippen LogP contribution in [0.25, 0.3) is 0 Å². The summed E-state index contributed by atoms with van der Waals surface area (Å²) in [6, 6.07) is 6.61. The van der Waals surface area contributed by atoms with E-state index >= 15 is 0 Å². The third kappa shape index (κ3) is 7.64. The van der Waals surface area contributed by atoms with Crippen LogP contribution in [0.1, 0.15) is 33.1 Å². The normalized spacial score (nSPS) is 24.8. The fourth-order valence-corrected chi connectivity index (χ4v) is 9.97. The van der Waals surface area contributed by atoms with Crippen molar-refractivity contribution in [2.75, 3.05) is 40.4 Å². The molecule has 2 fully saturated rings. The number of fused-ring (bicyclic) bond motifs is 1. The van der Waals surface area contributed by atoms with Gasteiger partial charge in [-0.15, -0.1) is 4.83 Å². The van der Waals surface area contributed by atoms with Gasteiger partial charge < -0.3 is 24.8 Å². The van der Waals surface area contributed by atoms with Crippen molar-refractivity contribution in [2.45, 2.75) is 57.1 Å². The molecule has 3 unspecified atom stereocenters. The van der Waals surface area contributed by atoms with E-state index in [-0.39, 0.29) is 30.7 Å². The maximum atomic E-state index is 14.3. The van der Waals surface area contributed by atoms with Gasteiger partial charge in [-0.2, -0.15) is 18.2 Å². The van der Waals surface area contributed by atoms with Crippen LogP contribution in [0.5, 0.6) is 5.75 Å². The van der Waals surface area contributed by atoms with Gasteiger partial charge in [0.15, 0.2) is 17.3 Å². The minimum atomic E-state index is -4.24. The van der Waals surface area contributed by atoms with Crippen molar-refractivity contribution in [1.29, 1.82) is 0 Å². The lowest BCUT2D eigenvalue weighted by atomic mass is 9.78. The van der Waals surface area contributed by atoms with Crippen LogP contribution < -0.4 is 28.3 Å². The molecule has 0 bridgehead atoms. The van der Waals surface area contributed by atoms with Crippen LogP contribution in [0.2, 0.25) is 0 Å². The number of nitrogen functional groups attached to an aromatic ring is 1. The van der Waals surface area contributed by atoms with Gasteiger partial charge in [-0.1, -0.05) is 22.9 Å². The number of halogens is 2. The molecule has 3 aliphatic rings. The Hall–Kier alpha value is -2.04. The minimum Gasteiger partial charge on any atom is -0.465 e. The number of hydrogen-bond acceptors (Lipinski definition) is 15. The standard InChI is InChI=1S/C25H35BrIN8O9PS/c1-5-41-23(37)25(11-6-12-25)32-45(38,44-16-9-7-15(26)8-10-16)42-13-17-19(36)14(2)22(43-17)35-21-18(31-27-35)20(29-24(28)30-21)34(3)33-46(4,39)40/h7-10,14,17,19,22,33,36H,5-6,11-13H2,1-4H3,(H,32,38)(H2,28,29,30)/t14?,17-,19+,22?,45?/m1/s1. The molecule has 0 amide bonds. The van der Waals surface area contributed by atoms with Gasteiger partial charge in [0.25, 0.3) is 0 Å². The first-order valence-corrected chi connectivity index (χ1v) is 20.3. The molecule has 2 aliphatic heterocycles. The van der Waals surface area contributed by atoms with Crippen LogP contribution in [0, 0.1) is 5.92 Å². The molecule has 0 radical (unpaired) electrons. The fraction of sp³-hybridized carbons (Fsp3) is 0.560. The van der Waals surface area contributed by atoms with Gasteiger partial charge in [-0.25, -0.2) is 13.0 Å². The summed E-state index contributed by atoms with van der Waals surface area (Å²) in [5.41, 5.74) is 5.06. The van der Waals surface area contributed by atoms with Gasteiger partial charge in [0.1, 0.15) is 44.9 Å². The molecule has 46 heavy (non-hydrogen) atoms. The summed E-state index contributed by atoms with van der Waals surface area (Å²) in [4.78, 5) is 23.7. The number of nitrogens with zero attached hydrogens (tertiary/aromatic N) is 5. The van der Waals surface area contributed by atoms with Crippen LogP contribution in [0.3, 0.4) is 0 Å². The van der Waals surface area contributed by atoms with Gasteiger partial charge in [0.05, 0.1) is 25.6 Å². The number of anilines is 3. The van der Waals surface area contributed by atoms with Crippen LogP contribution in [-0.4, -0.2) is 80.0 Å². The highest BCUT2D eigenvalue weighted by atomic mass is 127. The molecule has 3 heterocycles. The average molecular weight is 861 g/mol. The number of aromatic nitrogens is 2. The maximum Gasteiger partial charge on any atom is 0.459 e. The topological polar surface area (TPSA) is 220 Å². The smallest absolute Gasteiger partial charge is 0.459 e. The average Bonchev–Trinajstić information content (AvgIpc) is 3.49. The zero-order valence-corrected chi connectivity index (χ0v) is 30.7. The van der Waals surface area contributed by atoms with E-state index in [9.17, 15) is 22.9 Å². The molecular weight excluding hydrogens is 826 g/mol. The van der Waals surface area contributed by atoms with E-state index < -0.39 is 74.9 Å². The van der Waals surface area contributed by atoms with E-state index in [2.05, 4.69) is 39.0 Å². The molecule has 1 aliphatic carbocycles. The van der Waals surface area contributed by atoms with Crippen LogP contribution in [0.15, 0.2) is 31.9 Å². The number of carbonyl (C=O) groups excluding carboxylic acids is 1. The van der Waals surface area contributed by atoms with Crippen LogP contribution >= 0.6 is 45.0 Å². The molecule has 1 aromatic heterocycles. The third-order valence-corrected chi connectivity index (χ3v) is 12.4. The number of ether oxygens (including phenoxy) is 2. The molecule has 1 aromatic carbocycles. The zero-order chi connectivity index (χ0) is 33.4. The summed E-state index contributed by atoms with van der Waals surface area (Å²) in [6.45, 7) is 3.27. The molecule has 1 saturated carbocycles. The van der Waals surface area contributed by atoms with Gasteiger partial charge in [0.2, 0.25) is 16.0 Å². The number of nitrogens with two attached hydrogens (primary N) is 1. The van der Waals surface area contributed by atoms with Crippen molar-refractivity contribution in [3.63, 3.8) is 0 Å². The highest BCUT2D eigenvalue weighted by molar-refractivity contribution is 14.2. The minimum absolute atomic E-state index is 0.114. The van der Waals surface area contributed by atoms with Crippen molar-refractivity contribution < 1.29 is 41.4 Å². The summed E-state index contributed by atoms with van der Waals surface area (Å²) in [5.74, 6) is -0.427. The second kappa shape index (κ2) is 13.8. The first kappa shape index (κ1) is 35.3. The lowest BCUT2D eigenvalue weighted by molar-refractivity contribution is -0.154. The molecule has 21 heteroatoms. The Morgan fingerprint density at radius 2 is 2.02 bits per heavy atom. The number of rotatable bonds is 13. The van der Waals surface area contributed by atoms with Gasteiger partial charge in [-0.3, -0.25) is 17.4 Å². The van der Waals surface area contributed by atoms with Gasteiger partial charge in [0, 0.05) is 17.4 Å². The maximum absolute atomic E-state index is 14.3. The molecule has 2 aromatic rings. The summed E-state index contributed by atoms with van der Waals surface area (Å²) in [6.07, 6.45) is -0.255. The predicted octanol–water partition coefficient (Wildman–Crippen LogP) is 3.24. The molecule has 254 valence electrons. The third-order valence-electron chi connectivity index (χ3n) is 7.47. The summed E-state index contributed by atoms with van der Waals surface area (Å²) in [5, 5.41) is 15.2. The molecule has 17 nitrogen and oxygen atoms in total. The lowest BCUT2D eigenvalue weighted by Crippen LogP contribution is -2.57. The Bertz CT molecular complexity index is 1650. The van der Waals surface area contributed by atoms with Gasteiger partial charge >= 0.3 is 13.7 Å². The highest BCUT2D eigenvalue weighted by Gasteiger charge is 2.53. The SMILES string of the molecule is CCOC(=O)C1(NP(=O)(OC[C@H]2OC(N3I=Nc4c(N(C)NS(C)(=O)=O)nc(N)nc43)C(C)[C@@H]2O)Oc2ccc(Br)cc2)CCC1. The van der Waals surface area contributed by atoms with E-state index in [1.165, 1.54) is 12.1 Å². The molecule has 5 atom stereocenters. The Kier molecular flexibility index (Phi) is 10.6. The van der Waals surface area contributed by atoms with Crippen molar-refractivity contribution in [3.05, 3.63) is 28.7 Å². The van der Waals surface area contributed by atoms with E-state index in [1.807, 2.05) is 0 Å². The Morgan fingerprint density at radius 1 is 1.33 bits per heavy atom. The number of hydrogen-bond donors (Lipinski definition) is 4. The number of esters is 1. The first-order chi connectivity index (χ1) is 21.6. The lowest BCUT2D eigenvalue weighted by Gasteiger charge is -2.41. The van der Waals surface area contributed by atoms with Gasteiger partial charge in [-0.05, 0) is 50.5 Å². The van der Waals surface area contributed by atoms with Crippen LogP contribution in [-0.2, 0) is 33.4 Å². The summed E-state index contributed by atoms with van der Waals surface area (Å²) in [7, 11) is -6.40. The summed E-state index contributed by atoms with van der Waals surface area (Å²) >= 11 is 2.21. The second-order valence-electron chi connectivity index (χ2n) is 11.0. The zero-order valence-electron chi connectivity index (χ0n) is 25.3. The second-order valence-corrected chi connectivity index (χ2v) is 17.2. The first-order valence-electron chi connectivity index (χ1n) is 14.2. The van der Waals surface area contributed by atoms with Crippen molar-refractivity contribution in [3.8, 4) is 5.75 Å². The number of aliphatic hydroxyl groups excluding tert-OH is 1. The van der Waals surface area contributed by atoms with Crippen molar-refractivity contribution in [1.82, 2.24) is 19.9 Å². The van der Waals surface area contributed by atoms with E-state index in [0.717, 1.165) is 17.1 Å². The van der Waals surface area contributed by atoms with Crippen molar-refractivity contribution >= 4 is 84.2 Å². The quantitative estimate of drug-likeness (QED) is 0.0747. The molecular formula is C25H35BrIN8O9PS. The highest BCUT2D eigenvalue weighted by Crippen LogP contribution is 2.52. The fourth-order valence-electron chi connectivity index (χ4n) is 5.08. The van der Waals surface area contributed by atoms with E-state index in [1.54, 1.807) is 41.2 Å². The molecule has 5 rings (SSSR count). The number of benzene rings is 1. The number of sulfonamides is 1. The molecule has 0 spiro atoms. The Labute approximate surface area is 285 Å². The van der Waals surface area contributed by atoms with Crippen LogP contribution in [0.4, 0.5) is 23.3 Å². The summed E-state index contributed by atoms with van der Waals surface area (Å²) < 4.78 is 68.3. The van der Waals surface area contributed by atoms with E-state index in [0.29, 0.717) is 24.3 Å². The number of aliphatic hydroxyl groups is 1. The molecule has 5 N–H and O–H groups in total. The van der Waals surface area contributed by atoms with Crippen molar-refractivity contribution in [2.24, 2.45) is 9.06 Å². The Morgan fingerprint density at radius 3 is 2.63 bits per heavy atom. The number of nitrogens with one attached hydrogen (secondary N) is 2. The Balaban J connectivity index is 1.35.